The molecule has 1 aliphatic heterocycles. The minimum atomic E-state index is -4.42. The SMILES string of the molecule is COc1cc(C(=O)N2CCCN(c3ccc(C(F)(F)F)cn3)CC2)cc(OC)c1OC. The van der Waals surface area contributed by atoms with Crippen molar-refractivity contribution in [2.45, 2.75) is 12.6 Å². The van der Waals surface area contributed by atoms with Gasteiger partial charge in [-0.3, -0.25) is 4.79 Å². The van der Waals surface area contributed by atoms with Gasteiger partial charge in [-0.2, -0.15) is 13.2 Å². The zero-order valence-electron chi connectivity index (χ0n) is 17.5. The van der Waals surface area contributed by atoms with Crippen molar-refractivity contribution < 1.29 is 32.2 Å². The fourth-order valence-electron chi connectivity index (χ4n) is 3.48. The Labute approximate surface area is 178 Å². The summed E-state index contributed by atoms with van der Waals surface area (Å²) in [5.41, 5.74) is -0.388. The summed E-state index contributed by atoms with van der Waals surface area (Å²) in [6, 6.07) is 5.58. The molecule has 0 aliphatic carbocycles. The highest BCUT2D eigenvalue weighted by molar-refractivity contribution is 5.95. The molecule has 1 amide bonds. The number of carbonyl (C=O) groups is 1. The predicted molar refractivity (Wildman–Crippen MR) is 108 cm³/mol. The van der Waals surface area contributed by atoms with Gasteiger partial charge < -0.3 is 24.0 Å². The van der Waals surface area contributed by atoms with Crippen LogP contribution in [0.4, 0.5) is 19.0 Å². The largest absolute Gasteiger partial charge is 0.493 e. The maximum Gasteiger partial charge on any atom is 0.417 e. The lowest BCUT2D eigenvalue weighted by Gasteiger charge is -2.23. The Morgan fingerprint density at radius 1 is 0.968 bits per heavy atom. The molecule has 0 N–H and O–H groups in total. The van der Waals surface area contributed by atoms with Crippen molar-refractivity contribution in [2.24, 2.45) is 0 Å². The third-order valence-corrected chi connectivity index (χ3v) is 5.09. The average Bonchev–Trinajstić information content (AvgIpc) is 3.03. The Balaban J connectivity index is 1.74. The number of halogens is 3. The maximum absolute atomic E-state index is 13.1. The number of hydrogen-bond acceptors (Lipinski definition) is 6. The van der Waals surface area contributed by atoms with E-state index in [1.54, 1.807) is 17.0 Å². The Bertz CT molecular complexity index is 894. The first-order valence-electron chi connectivity index (χ1n) is 9.66. The van der Waals surface area contributed by atoms with E-state index in [4.69, 9.17) is 14.2 Å². The van der Waals surface area contributed by atoms with Gasteiger partial charge in [0.05, 0.1) is 26.9 Å². The standard InChI is InChI=1S/C21H24F3N3O4/c1-29-16-11-14(12-17(30-2)19(16)31-3)20(28)27-8-4-7-26(9-10-27)18-6-5-15(13-25-18)21(22,23)24/h5-6,11-13H,4,7-10H2,1-3H3. The van der Waals surface area contributed by atoms with Crippen molar-refractivity contribution >= 4 is 11.7 Å². The second-order valence-electron chi connectivity index (χ2n) is 6.95. The lowest BCUT2D eigenvalue weighted by Crippen LogP contribution is -2.35. The molecule has 2 aromatic rings. The van der Waals surface area contributed by atoms with Crippen LogP contribution in [0.15, 0.2) is 30.5 Å². The predicted octanol–water partition coefficient (Wildman–Crippen LogP) is 3.48. The highest BCUT2D eigenvalue weighted by Crippen LogP contribution is 2.38. The summed E-state index contributed by atoms with van der Waals surface area (Å²) in [4.78, 5) is 20.6. The Kier molecular flexibility index (Phi) is 6.77. The number of amides is 1. The molecule has 0 radical (unpaired) electrons. The summed E-state index contributed by atoms with van der Waals surface area (Å²) in [6.45, 7) is 1.94. The Morgan fingerprint density at radius 2 is 1.65 bits per heavy atom. The van der Waals surface area contributed by atoms with E-state index < -0.39 is 11.7 Å². The lowest BCUT2D eigenvalue weighted by atomic mass is 10.1. The van der Waals surface area contributed by atoms with Gasteiger partial charge in [-0.05, 0) is 30.7 Å². The lowest BCUT2D eigenvalue weighted by molar-refractivity contribution is -0.137. The second kappa shape index (κ2) is 9.32. The highest BCUT2D eigenvalue weighted by atomic mass is 19.4. The molecule has 3 rings (SSSR count). The van der Waals surface area contributed by atoms with Crippen LogP contribution in [0.3, 0.4) is 0 Å². The molecule has 168 valence electrons. The van der Waals surface area contributed by atoms with E-state index in [2.05, 4.69) is 4.98 Å². The first-order valence-corrected chi connectivity index (χ1v) is 9.66. The summed E-state index contributed by atoms with van der Waals surface area (Å²) >= 11 is 0. The van der Waals surface area contributed by atoms with Gasteiger partial charge in [-0.15, -0.1) is 0 Å². The molecule has 0 saturated carbocycles. The molecule has 0 spiro atoms. The molecule has 1 saturated heterocycles. The third-order valence-electron chi connectivity index (χ3n) is 5.09. The molecule has 1 fully saturated rings. The second-order valence-corrected chi connectivity index (χ2v) is 6.95. The molecule has 0 unspecified atom stereocenters. The number of nitrogens with zero attached hydrogens (tertiary/aromatic N) is 3. The summed E-state index contributed by atoms with van der Waals surface area (Å²) in [5.74, 6) is 1.43. The number of alkyl halides is 3. The van der Waals surface area contributed by atoms with Gasteiger partial charge in [0, 0.05) is 37.9 Å². The smallest absolute Gasteiger partial charge is 0.417 e. The van der Waals surface area contributed by atoms with E-state index in [9.17, 15) is 18.0 Å². The number of pyridine rings is 1. The Morgan fingerprint density at radius 3 is 2.16 bits per heavy atom. The summed E-state index contributed by atoms with van der Waals surface area (Å²) in [7, 11) is 4.44. The van der Waals surface area contributed by atoms with Crippen LogP contribution < -0.4 is 19.1 Å². The number of benzene rings is 1. The van der Waals surface area contributed by atoms with E-state index in [0.717, 1.165) is 12.3 Å². The number of ether oxygens (including phenoxy) is 3. The van der Waals surface area contributed by atoms with Crippen molar-refractivity contribution in [3.63, 3.8) is 0 Å². The van der Waals surface area contributed by atoms with Gasteiger partial charge in [0.25, 0.3) is 5.91 Å². The van der Waals surface area contributed by atoms with E-state index in [0.29, 0.717) is 61.2 Å². The molecule has 1 aromatic carbocycles. The van der Waals surface area contributed by atoms with Crippen LogP contribution in [-0.4, -0.2) is 63.3 Å². The molecular weight excluding hydrogens is 415 g/mol. The van der Waals surface area contributed by atoms with Crippen LogP contribution in [-0.2, 0) is 6.18 Å². The van der Waals surface area contributed by atoms with Crippen LogP contribution in [0.1, 0.15) is 22.3 Å². The normalized spacial score (nSPS) is 14.8. The first kappa shape index (κ1) is 22.5. The van der Waals surface area contributed by atoms with Crippen LogP contribution >= 0.6 is 0 Å². The Hall–Kier alpha value is -3.17. The van der Waals surface area contributed by atoms with Crippen LogP contribution in [0.2, 0.25) is 0 Å². The van der Waals surface area contributed by atoms with Crippen LogP contribution in [0.25, 0.3) is 0 Å². The molecule has 1 aromatic heterocycles. The van der Waals surface area contributed by atoms with Gasteiger partial charge in [0.1, 0.15) is 5.82 Å². The van der Waals surface area contributed by atoms with Crippen molar-refractivity contribution in [3.8, 4) is 17.2 Å². The molecule has 2 heterocycles. The molecule has 0 atom stereocenters. The van der Waals surface area contributed by atoms with Gasteiger partial charge in [0.15, 0.2) is 11.5 Å². The minimum Gasteiger partial charge on any atom is -0.493 e. The summed E-state index contributed by atoms with van der Waals surface area (Å²) in [6.07, 6.45) is -2.94. The van der Waals surface area contributed by atoms with Crippen molar-refractivity contribution in [1.29, 1.82) is 0 Å². The summed E-state index contributed by atoms with van der Waals surface area (Å²) in [5, 5.41) is 0. The molecular formula is C21H24F3N3O4. The van der Waals surface area contributed by atoms with E-state index in [1.165, 1.54) is 27.4 Å². The zero-order valence-corrected chi connectivity index (χ0v) is 17.5. The van der Waals surface area contributed by atoms with Crippen LogP contribution in [0, 0.1) is 0 Å². The third kappa shape index (κ3) is 4.95. The fourth-order valence-corrected chi connectivity index (χ4v) is 3.48. The zero-order chi connectivity index (χ0) is 22.6. The van der Waals surface area contributed by atoms with Crippen LogP contribution in [0.5, 0.6) is 17.2 Å². The van der Waals surface area contributed by atoms with Gasteiger partial charge in [-0.1, -0.05) is 0 Å². The minimum absolute atomic E-state index is 0.193. The molecule has 7 nitrogen and oxygen atoms in total. The molecule has 10 heteroatoms. The topological polar surface area (TPSA) is 64.1 Å². The van der Waals surface area contributed by atoms with Gasteiger partial charge in [0.2, 0.25) is 5.75 Å². The number of aromatic nitrogens is 1. The van der Waals surface area contributed by atoms with E-state index >= 15 is 0 Å². The number of anilines is 1. The number of carbonyl (C=O) groups excluding carboxylic acids is 1. The van der Waals surface area contributed by atoms with Crippen molar-refractivity contribution in [2.75, 3.05) is 52.4 Å². The van der Waals surface area contributed by atoms with Crippen molar-refractivity contribution in [3.05, 3.63) is 41.6 Å². The molecule has 0 bridgehead atoms. The van der Waals surface area contributed by atoms with Gasteiger partial charge in [-0.25, -0.2) is 4.98 Å². The summed E-state index contributed by atoms with van der Waals surface area (Å²) < 4.78 is 54.2. The molecule has 31 heavy (non-hydrogen) atoms. The van der Waals surface area contributed by atoms with E-state index in [-0.39, 0.29) is 5.91 Å². The number of rotatable bonds is 5. The first-order chi connectivity index (χ1) is 14.8. The monoisotopic (exact) mass is 439 g/mol. The maximum atomic E-state index is 13.1. The molecule has 1 aliphatic rings. The van der Waals surface area contributed by atoms with E-state index in [1.807, 2.05) is 4.90 Å². The van der Waals surface area contributed by atoms with Gasteiger partial charge >= 0.3 is 6.18 Å². The quantitative estimate of drug-likeness (QED) is 0.711. The fraction of sp³-hybridized carbons (Fsp3) is 0.429. The number of hydrogen-bond donors (Lipinski definition) is 0. The highest BCUT2D eigenvalue weighted by Gasteiger charge is 2.31. The average molecular weight is 439 g/mol. The van der Waals surface area contributed by atoms with Crippen molar-refractivity contribution in [1.82, 2.24) is 9.88 Å². The number of methoxy groups -OCH3 is 3.